The summed E-state index contributed by atoms with van der Waals surface area (Å²) in [4.78, 5) is 4.81. The molecule has 0 amide bonds. The Kier molecular flexibility index (Phi) is 6.34. The summed E-state index contributed by atoms with van der Waals surface area (Å²) in [6, 6.07) is 32.9. The number of rotatable bonds is 9. The van der Waals surface area contributed by atoms with Crippen molar-refractivity contribution in [3.63, 3.8) is 0 Å². The molecule has 0 aliphatic carbocycles. The van der Waals surface area contributed by atoms with Gasteiger partial charge in [-0.1, -0.05) is 141 Å². The molecule has 0 aliphatic rings. The number of pyridine rings is 1. The van der Waals surface area contributed by atoms with Crippen LogP contribution in [0.2, 0.25) is 0 Å². The maximum atomic E-state index is 8.99. The molecule has 0 saturated carbocycles. The fraction of sp³-hybridized carbons (Fsp3) is 0.0769. The highest BCUT2D eigenvalue weighted by molar-refractivity contribution is 6.09. The minimum absolute atomic E-state index is 0.126. The zero-order valence-electron chi connectivity index (χ0n) is 41.1. The second kappa shape index (κ2) is 14.4. The van der Waals surface area contributed by atoms with Gasteiger partial charge >= 0.3 is 0 Å². The third-order valence-corrected chi connectivity index (χ3v) is 10.0. The van der Waals surface area contributed by atoms with E-state index in [0.717, 1.165) is 34.0 Å². The lowest BCUT2D eigenvalue weighted by molar-refractivity contribution is -0.571. The lowest BCUT2D eigenvalue weighted by atomic mass is 9.95. The van der Waals surface area contributed by atoms with Gasteiger partial charge in [0.05, 0.1) is 47.1 Å². The maximum absolute atomic E-state index is 8.99. The number of imidazole rings is 1. The molecule has 0 N–H and O–H groups in total. The van der Waals surface area contributed by atoms with E-state index in [2.05, 4.69) is 55.1 Å². The highest BCUT2D eigenvalue weighted by Gasteiger charge is 2.20. The van der Waals surface area contributed by atoms with E-state index in [1.807, 2.05) is 79.0 Å². The van der Waals surface area contributed by atoms with Gasteiger partial charge in [-0.2, -0.15) is 0 Å². The summed E-state index contributed by atoms with van der Waals surface area (Å²) in [5.41, 5.74) is 5.28. The van der Waals surface area contributed by atoms with Crippen molar-refractivity contribution in [3.8, 4) is 50.9 Å². The van der Waals surface area contributed by atoms with Crippen molar-refractivity contribution < 1.29 is 23.0 Å². The number of hydrogen-bond donors (Lipinski definition) is 0. The van der Waals surface area contributed by atoms with E-state index < -0.39 is 60.4 Å². The molecule has 57 heavy (non-hydrogen) atoms. The van der Waals surface area contributed by atoms with Crippen LogP contribution in [0.4, 0.5) is 0 Å². The molecule has 0 fully saturated rings. The standard InChI is InChI=1S/C52H40N4O/c1-36(2)31-37-29-30-53-51(32-37)56-47-24-10-9-21-45(47)46-28-27-42(34-50(46)56)57-41-20-13-19-40(33-41)54-35-55(49-26-12-11-25-48(49)54)52-43(38-15-5-3-6-16-38)22-14-23-44(52)39-17-7-4-8-18-39/h3-30,32-34,36H,31H2,1-2H3/i3D,4D,5D,6D,7D,8D,15D,16D,17D,18D. The third kappa shape index (κ3) is 6.33. The van der Waals surface area contributed by atoms with Gasteiger partial charge in [-0.3, -0.25) is 13.7 Å². The molecular formula is C52H40N4O. The average molecular weight is 747 g/mol. The maximum Gasteiger partial charge on any atom is 0.269 e. The Morgan fingerprint density at radius 3 is 2.07 bits per heavy atom. The van der Waals surface area contributed by atoms with Crippen LogP contribution < -0.4 is 9.30 Å². The number of aromatic nitrogens is 4. The number of hydrogen-bond acceptors (Lipinski definition) is 2. The zero-order chi connectivity index (χ0) is 47.0. The van der Waals surface area contributed by atoms with Crippen LogP contribution in [0.5, 0.6) is 11.5 Å². The summed E-state index contributed by atoms with van der Waals surface area (Å²) < 4.78 is 99.0. The molecule has 3 aromatic heterocycles. The molecule has 10 rings (SSSR count). The smallest absolute Gasteiger partial charge is 0.269 e. The lowest BCUT2D eigenvalue weighted by Gasteiger charge is -2.17. The number of fused-ring (bicyclic) bond motifs is 4. The summed E-state index contributed by atoms with van der Waals surface area (Å²) in [6.07, 6.45) is 6.22. The Morgan fingerprint density at radius 2 is 1.32 bits per heavy atom. The summed E-state index contributed by atoms with van der Waals surface area (Å²) in [7, 11) is 0. The predicted octanol–water partition coefficient (Wildman–Crippen LogP) is 12.5. The van der Waals surface area contributed by atoms with E-state index in [4.69, 9.17) is 23.4 Å². The molecule has 0 radical (unpaired) electrons. The topological polar surface area (TPSA) is 35.9 Å². The van der Waals surface area contributed by atoms with Crippen molar-refractivity contribution in [2.45, 2.75) is 20.3 Å². The molecule has 0 saturated heterocycles. The van der Waals surface area contributed by atoms with E-state index in [1.165, 1.54) is 5.56 Å². The van der Waals surface area contributed by atoms with E-state index in [1.54, 1.807) is 27.3 Å². The second-order valence-corrected chi connectivity index (χ2v) is 14.2. The predicted molar refractivity (Wildman–Crippen MR) is 232 cm³/mol. The molecule has 274 valence electrons. The minimum Gasteiger partial charge on any atom is -0.458 e. The molecule has 0 unspecified atom stereocenters. The van der Waals surface area contributed by atoms with Gasteiger partial charge in [-0.15, -0.1) is 0 Å². The van der Waals surface area contributed by atoms with Crippen LogP contribution in [0, 0.1) is 12.2 Å². The molecule has 3 heterocycles. The SMILES string of the molecule is [2H]c1c([2H])c([2H])c(-c2cccc(-c3c([2H])c([2H])c([2H])c([2H])c3[2H])c2-[n+]2[c-]n(-c3cccc(Oc4ccc5c6ccccc6n(-c6cc(CC(C)C)ccn6)c5c4)c3)c3ccccc32)c([2H])c1[2H]. The summed E-state index contributed by atoms with van der Waals surface area (Å²) in [6.45, 7) is 4.40. The van der Waals surface area contributed by atoms with Gasteiger partial charge in [-0.05, 0) is 88.7 Å². The molecule has 5 heteroatoms. The molecular weight excluding hydrogens is 697 g/mol. The Labute approximate surface area is 346 Å². The van der Waals surface area contributed by atoms with Crippen molar-refractivity contribution >= 4 is 32.8 Å². The molecule has 0 atom stereocenters. The van der Waals surface area contributed by atoms with Crippen LogP contribution in [0.1, 0.15) is 33.1 Å². The van der Waals surface area contributed by atoms with E-state index in [9.17, 15) is 0 Å². The number of ether oxygens (including phenoxy) is 1. The monoisotopic (exact) mass is 746 g/mol. The largest absolute Gasteiger partial charge is 0.458 e. The lowest BCUT2D eigenvalue weighted by Crippen LogP contribution is -2.31. The van der Waals surface area contributed by atoms with Crippen molar-refractivity contribution in [2.24, 2.45) is 5.92 Å². The first-order chi connectivity index (χ1) is 32.2. The minimum atomic E-state index is -0.564. The van der Waals surface area contributed by atoms with Crippen molar-refractivity contribution in [2.75, 3.05) is 0 Å². The highest BCUT2D eigenvalue weighted by atomic mass is 16.5. The van der Waals surface area contributed by atoms with Crippen LogP contribution >= 0.6 is 0 Å². The Hall–Kier alpha value is -7.24. The van der Waals surface area contributed by atoms with Gasteiger partial charge in [-0.25, -0.2) is 4.98 Å². The summed E-state index contributed by atoms with van der Waals surface area (Å²) in [5, 5.41) is 2.14. The van der Waals surface area contributed by atoms with Gasteiger partial charge in [0.1, 0.15) is 17.3 Å². The van der Waals surface area contributed by atoms with Crippen LogP contribution in [-0.2, 0) is 6.42 Å². The summed E-state index contributed by atoms with van der Waals surface area (Å²) in [5.74, 6) is 2.42. The van der Waals surface area contributed by atoms with Crippen LogP contribution in [0.3, 0.4) is 0 Å². The molecule has 0 spiro atoms. The van der Waals surface area contributed by atoms with Crippen molar-refractivity contribution in [1.29, 1.82) is 0 Å². The Morgan fingerprint density at radius 1 is 0.649 bits per heavy atom. The van der Waals surface area contributed by atoms with E-state index >= 15 is 0 Å². The van der Waals surface area contributed by atoms with Crippen LogP contribution in [0.25, 0.3) is 72.3 Å². The zero-order valence-corrected chi connectivity index (χ0v) is 31.1. The average Bonchev–Trinajstić information content (AvgIpc) is 3.87. The van der Waals surface area contributed by atoms with Crippen molar-refractivity contribution in [3.05, 3.63) is 200 Å². The molecule has 10 aromatic rings. The van der Waals surface area contributed by atoms with E-state index in [0.29, 0.717) is 34.1 Å². The second-order valence-electron chi connectivity index (χ2n) is 14.2. The molecule has 0 bridgehead atoms. The summed E-state index contributed by atoms with van der Waals surface area (Å²) >= 11 is 0. The molecule has 5 nitrogen and oxygen atoms in total. The van der Waals surface area contributed by atoms with E-state index in [-0.39, 0.29) is 27.9 Å². The third-order valence-electron chi connectivity index (χ3n) is 10.0. The quantitative estimate of drug-likeness (QED) is 0.109. The highest BCUT2D eigenvalue weighted by Crippen LogP contribution is 2.37. The van der Waals surface area contributed by atoms with Gasteiger partial charge < -0.3 is 4.74 Å². The van der Waals surface area contributed by atoms with Crippen molar-refractivity contribution in [1.82, 2.24) is 14.1 Å². The number of benzene rings is 7. The first kappa shape index (κ1) is 25.0. The Balaban J connectivity index is 1.14. The van der Waals surface area contributed by atoms with Crippen LogP contribution in [0.15, 0.2) is 188 Å². The number of para-hydroxylation sites is 4. The van der Waals surface area contributed by atoms with Gasteiger partial charge in [0.25, 0.3) is 6.33 Å². The first-order valence-corrected chi connectivity index (χ1v) is 18.7. The number of nitrogens with zero attached hydrogens (tertiary/aromatic N) is 4. The van der Waals surface area contributed by atoms with Gasteiger partial charge in [0, 0.05) is 23.0 Å². The fourth-order valence-electron chi connectivity index (χ4n) is 7.64. The van der Waals surface area contributed by atoms with Gasteiger partial charge in [0.2, 0.25) is 0 Å². The first-order valence-electron chi connectivity index (χ1n) is 23.7. The normalized spacial score (nSPS) is 14.0. The Bertz CT molecular complexity index is 3510. The molecule has 0 aliphatic heterocycles. The molecule has 7 aromatic carbocycles. The van der Waals surface area contributed by atoms with Gasteiger partial charge in [0.15, 0.2) is 0 Å². The fourth-order valence-corrected chi connectivity index (χ4v) is 7.64. The van der Waals surface area contributed by atoms with Crippen LogP contribution in [-0.4, -0.2) is 14.1 Å².